The minimum atomic E-state index is -1.31. The number of rotatable bonds is 9. The molecular formula is C10H16O6S. The van der Waals surface area contributed by atoms with E-state index in [-0.39, 0.29) is 37.9 Å². The molecule has 0 atom stereocenters. The minimum absolute atomic E-state index is 0.0779. The molecule has 0 rings (SSSR count). The predicted molar refractivity (Wildman–Crippen MR) is 62.3 cm³/mol. The van der Waals surface area contributed by atoms with Crippen molar-refractivity contribution in [3.63, 3.8) is 0 Å². The van der Waals surface area contributed by atoms with Gasteiger partial charge in [0.2, 0.25) is 0 Å². The summed E-state index contributed by atoms with van der Waals surface area (Å²) >= 11 is 3.94. The molecule has 0 aromatic heterocycles. The van der Waals surface area contributed by atoms with Crippen molar-refractivity contribution in [3.8, 4) is 0 Å². The number of hydrogen-bond donors (Lipinski definition) is 4. The Labute approximate surface area is 104 Å². The summed E-state index contributed by atoms with van der Waals surface area (Å²) in [5, 5.41) is 26.3. The number of carboxylic acids is 3. The van der Waals surface area contributed by atoms with Gasteiger partial charge in [-0.15, -0.1) is 0 Å². The Morgan fingerprint density at radius 2 is 1.29 bits per heavy atom. The highest BCUT2D eigenvalue weighted by atomic mass is 32.1. The third kappa shape index (κ3) is 5.58. The number of aliphatic carboxylic acids is 3. The van der Waals surface area contributed by atoms with Crippen LogP contribution in [0.25, 0.3) is 0 Å². The number of hydrogen-bond acceptors (Lipinski definition) is 4. The zero-order valence-corrected chi connectivity index (χ0v) is 10.2. The molecule has 0 amide bonds. The van der Waals surface area contributed by atoms with Crippen molar-refractivity contribution in [2.24, 2.45) is 5.41 Å². The van der Waals surface area contributed by atoms with Crippen molar-refractivity contribution in [1.82, 2.24) is 0 Å². The van der Waals surface area contributed by atoms with Crippen LogP contribution in [0.1, 0.15) is 32.1 Å². The largest absolute Gasteiger partial charge is 0.481 e. The molecule has 0 radical (unpaired) electrons. The number of thiol groups is 1. The molecule has 98 valence electrons. The summed E-state index contributed by atoms with van der Waals surface area (Å²) in [5.41, 5.74) is -1.31. The van der Waals surface area contributed by atoms with Crippen LogP contribution in [0.4, 0.5) is 0 Å². The van der Waals surface area contributed by atoms with E-state index in [1.165, 1.54) is 0 Å². The standard InChI is InChI=1S/C10H16O6S/c11-7(12)1-3-10(5-6-17,9(15)16)4-2-8(13)14/h17H,1-6H2,(H,11,12)(H,13,14)(H,15,16). The summed E-state index contributed by atoms with van der Waals surface area (Å²) in [5.74, 6) is -3.07. The second-order valence-corrected chi connectivity index (χ2v) is 4.29. The fraction of sp³-hybridized carbons (Fsp3) is 0.700. The average molecular weight is 264 g/mol. The van der Waals surface area contributed by atoms with Gasteiger partial charge < -0.3 is 15.3 Å². The molecule has 0 aromatic rings. The van der Waals surface area contributed by atoms with Crippen molar-refractivity contribution >= 4 is 30.5 Å². The second-order valence-electron chi connectivity index (χ2n) is 3.85. The first-order valence-corrected chi connectivity index (χ1v) is 5.75. The van der Waals surface area contributed by atoms with Gasteiger partial charge in [-0.1, -0.05) is 0 Å². The van der Waals surface area contributed by atoms with E-state index < -0.39 is 23.3 Å². The lowest BCUT2D eigenvalue weighted by Gasteiger charge is -2.27. The summed E-state index contributed by atoms with van der Waals surface area (Å²) in [7, 11) is 0. The van der Waals surface area contributed by atoms with Crippen molar-refractivity contribution in [1.29, 1.82) is 0 Å². The Hall–Kier alpha value is -1.24. The van der Waals surface area contributed by atoms with E-state index in [0.29, 0.717) is 0 Å². The fourth-order valence-corrected chi connectivity index (χ4v) is 2.03. The zero-order valence-electron chi connectivity index (χ0n) is 9.26. The van der Waals surface area contributed by atoms with E-state index in [0.717, 1.165) is 0 Å². The van der Waals surface area contributed by atoms with E-state index in [4.69, 9.17) is 15.3 Å². The summed E-state index contributed by atoms with van der Waals surface area (Å²) in [6.45, 7) is 0. The first-order chi connectivity index (χ1) is 7.84. The van der Waals surface area contributed by atoms with Gasteiger partial charge in [0.1, 0.15) is 0 Å². The van der Waals surface area contributed by atoms with Crippen LogP contribution in [0.3, 0.4) is 0 Å². The Balaban J connectivity index is 4.77. The molecule has 0 unspecified atom stereocenters. The molecule has 0 aliphatic heterocycles. The van der Waals surface area contributed by atoms with Gasteiger partial charge in [0.05, 0.1) is 5.41 Å². The van der Waals surface area contributed by atoms with Crippen LogP contribution >= 0.6 is 12.6 Å². The van der Waals surface area contributed by atoms with E-state index in [9.17, 15) is 14.4 Å². The highest BCUT2D eigenvalue weighted by Gasteiger charge is 2.38. The molecule has 7 heteroatoms. The maximum absolute atomic E-state index is 11.2. The van der Waals surface area contributed by atoms with Crippen LogP contribution in [0.5, 0.6) is 0 Å². The number of carbonyl (C=O) groups is 3. The smallest absolute Gasteiger partial charge is 0.309 e. The van der Waals surface area contributed by atoms with Gasteiger partial charge >= 0.3 is 17.9 Å². The Morgan fingerprint density at radius 1 is 0.882 bits per heavy atom. The number of carboxylic acid groups (broad SMARTS) is 3. The third-order valence-electron chi connectivity index (χ3n) is 2.68. The van der Waals surface area contributed by atoms with E-state index in [2.05, 4.69) is 12.6 Å². The average Bonchev–Trinajstić information content (AvgIpc) is 2.21. The maximum Gasteiger partial charge on any atom is 0.309 e. The van der Waals surface area contributed by atoms with Gasteiger partial charge in [-0.3, -0.25) is 14.4 Å². The van der Waals surface area contributed by atoms with Gasteiger partial charge in [0.25, 0.3) is 0 Å². The molecule has 0 saturated heterocycles. The molecule has 0 aliphatic carbocycles. The molecule has 0 saturated carbocycles. The summed E-state index contributed by atoms with van der Waals surface area (Å²) in [6.07, 6.45) is -0.581. The zero-order chi connectivity index (χ0) is 13.5. The Kier molecular flexibility index (Phi) is 6.64. The van der Waals surface area contributed by atoms with Crippen LogP contribution in [0.15, 0.2) is 0 Å². The van der Waals surface area contributed by atoms with E-state index in [1.54, 1.807) is 0 Å². The van der Waals surface area contributed by atoms with Crippen LogP contribution in [-0.2, 0) is 14.4 Å². The molecule has 0 heterocycles. The van der Waals surface area contributed by atoms with Crippen molar-refractivity contribution in [2.45, 2.75) is 32.1 Å². The molecular weight excluding hydrogens is 248 g/mol. The lowest BCUT2D eigenvalue weighted by Crippen LogP contribution is -2.33. The van der Waals surface area contributed by atoms with Crippen LogP contribution in [0, 0.1) is 5.41 Å². The van der Waals surface area contributed by atoms with Crippen molar-refractivity contribution in [2.75, 3.05) is 5.75 Å². The van der Waals surface area contributed by atoms with Gasteiger partial charge in [-0.05, 0) is 25.0 Å². The van der Waals surface area contributed by atoms with Crippen molar-refractivity contribution in [3.05, 3.63) is 0 Å². The normalized spacial score (nSPS) is 11.1. The monoisotopic (exact) mass is 264 g/mol. The van der Waals surface area contributed by atoms with Gasteiger partial charge in [-0.25, -0.2) is 0 Å². The topological polar surface area (TPSA) is 112 Å². The lowest BCUT2D eigenvalue weighted by atomic mass is 9.76. The maximum atomic E-state index is 11.2. The van der Waals surface area contributed by atoms with Gasteiger partial charge in [-0.2, -0.15) is 12.6 Å². The third-order valence-corrected chi connectivity index (χ3v) is 2.90. The Morgan fingerprint density at radius 3 is 1.53 bits per heavy atom. The molecule has 0 fully saturated rings. The highest BCUT2D eigenvalue weighted by Crippen LogP contribution is 2.34. The summed E-state index contributed by atoms with van der Waals surface area (Å²) < 4.78 is 0. The molecule has 0 aliphatic rings. The molecule has 6 nitrogen and oxygen atoms in total. The first-order valence-electron chi connectivity index (χ1n) is 5.12. The van der Waals surface area contributed by atoms with Gasteiger partial charge in [0.15, 0.2) is 0 Å². The molecule has 17 heavy (non-hydrogen) atoms. The summed E-state index contributed by atoms with van der Waals surface area (Å²) in [4.78, 5) is 32.2. The molecule has 3 N–H and O–H groups in total. The quantitative estimate of drug-likeness (QED) is 0.464. The first kappa shape index (κ1) is 15.8. The Bertz CT molecular complexity index is 283. The molecule has 0 aromatic carbocycles. The minimum Gasteiger partial charge on any atom is -0.481 e. The van der Waals surface area contributed by atoms with Crippen molar-refractivity contribution < 1.29 is 29.7 Å². The second kappa shape index (κ2) is 7.16. The summed E-state index contributed by atoms with van der Waals surface area (Å²) in [6, 6.07) is 0. The lowest BCUT2D eigenvalue weighted by molar-refractivity contribution is -0.151. The van der Waals surface area contributed by atoms with E-state index in [1.807, 2.05) is 0 Å². The van der Waals surface area contributed by atoms with Crippen LogP contribution < -0.4 is 0 Å². The SMILES string of the molecule is O=C(O)CCC(CCS)(CCC(=O)O)C(=O)O. The van der Waals surface area contributed by atoms with Gasteiger partial charge in [0, 0.05) is 12.8 Å². The predicted octanol–water partition coefficient (Wildman–Crippen LogP) is 1.11. The van der Waals surface area contributed by atoms with E-state index >= 15 is 0 Å². The highest BCUT2D eigenvalue weighted by molar-refractivity contribution is 7.80. The van der Waals surface area contributed by atoms with Crippen LogP contribution in [0.2, 0.25) is 0 Å². The van der Waals surface area contributed by atoms with Crippen LogP contribution in [-0.4, -0.2) is 39.0 Å². The molecule has 0 spiro atoms. The molecule has 0 bridgehead atoms. The fourth-order valence-electron chi connectivity index (χ4n) is 1.60.